The summed E-state index contributed by atoms with van der Waals surface area (Å²) in [7, 11) is 0. The van der Waals surface area contributed by atoms with Gasteiger partial charge >= 0.3 is 0 Å². The summed E-state index contributed by atoms with van der Waals surface area (Å²) < 4.78 is 5.55. The van der Waals surface area contributed by atoms with E-state index in [4.69, 9.17) is 4.74 Å². The molecular formula is C15H20N2O3. The van der Waals surface area contributed by atoms with E-state index in [1.165, 1.54) is 0 Å². The maximum Gasteiger partial charge on any atom is 0.242 e. The maximum absolute atomic E-state index is 11.8. The van der Waals surface area contributed by atoms with Gasteiger partial charge in [0.05, 0.1) is 6.10 Å². The van der Waals surface area contributed by atoms with Crippen LogP contribution in [0.4, 0.5) is 0 Å². The van der Waals surface area contributed by atoms with E-state index in [1.807, 2.05) is 38.1 Å². The number of ether oxygens (including phenoxy) is 1. The molecular weight excluding hydrogens is 256 g/mol. The first-order chi connectivity index (χ1) is 9.54. The van der Waals surface area contributed by atoms with E-state index < -0.39 is 0 Å². The van der Waals surface area contributed by atoms with Gasteiger partial charge in [-0.05, 0) is 38.0 Å². The van der Waals surface area contributed by atoms with E-state index in [1.54, 1.807) is 0 Å². The van der Waals surface area contributed by atoms with Gasteiger partial charge in [0.15, 0.2) is 0 Å². The van der Waals surface area contributed by atoms with Gasteiger partial charge in [-0.25, -0.2) is 0 Å². The molecule has 108 valence electrons. The summed E-state index contributed by atoms with van der Waals surface area (Å²) in [6, 6.07) is 7.24. The van der Waals surface area contributed by atoms with Gasteiger partial charge in [0, 0.05) is 13.0 Å². The van der Waals surface area contributed by atoms with Crippen molar-refractivity contribution in [2.75, 3.05) is 0 Å². The van der Waals surface area contributed by atoms with Gasteiger partial charge < -0.3 is 15.4 Å². The molecule has 0 saturated carbocycles. The van der Waals surface area contributed by atoms with Gasteiger partial charge in [-0.3, -0.25) is 9.59 Å². The molecule has 5 nitrogen and oxygen atoms in total. The molecule has 1 aliphatic rings. The van der Waals surface area contributed by atoms with Crippen molar-refractivity contribution in [2.45, 2.75) is 45.4 Å². The molecule has 0 bridgehead atoms. The van der Waals surface area contributed by atoms with Crippen molar-refractivity contribution in [3.63, 3.8) is 0 Å². The Morgan fingerprint density at radius 1 is 1.40 bits per heavy atom. The second-order valence-corrected chi connectivity index (χ2v) is 5.19. The maximum atomic E-state index is 11.8. The van der Waals surface area contributed by atoms with Crippen molar-refractivity contribution >= 4 is 11.8 Å². The van der Waals surface area contributed by atoms with Crippen LogP contribution >= 0.6 is 0 Å². The van der Waals surface area contributed by atoms with E-state index in [-0.39, 0.29) is 24.0 Å². The number of hydrogen-bond acceptors (Lipinski definition) is 3. The van der Waals surface area contributed by atoms with Crippen LogP contribution in [0, 0.1) is 0 Å². The molecule has 2 amide bonds. The highest BCUT2D eigenvalue weighted by Crippen LogP contribution is 2.14. The number of benzene rings is 1. The minimum atomic E-state index is -0.383. The molecule has 5 heteroatoms. The average molecular weight is 276 g/mol. The molecule has 1 saturated heterocycles. The minimum absolute atomic E-state index is 0.0552. The molecule has 0 unspecified atom stereocenters. The molecule has 1 fully saturated rings. The van der Waals surface area contributed by atoms with E-state index in [0.717, 1.165) is 11.3 Å². The van der Waals surface area contributed by atoms with Crippen molar-refractivity contribution in [1.29, 1.82) is 0 Å². The van der Waals surface area contributed by atoms with Gasteiger partial charge in [0.2, 0.25) is 11.8 Å². The molecule has 1 heterocycles. The summed E-state index contributed by atoms with van der Waals surface area (Å²) in [6.45, 7) is 4.40. The van der Waals surface area contributed by atoms with Gasteiger partial charge in [0.25, 0.3) is 0 Å². The number of carbonyl (C=O) groups is 2. The Hall–Kier alpha value is -2.04. The smallest absolute Gasteiger partial charge is 0.242 e. The van der Waals surface area contributed by atoms with Crippen molar-refractivity contribution in [1.82, 2.24) is 10.6 Å². The summed E-state index contributed by atoms with van der Waals surface area (Å²) in [5.74, 6) is 0.636. The highest BCUT2D eigenvalue weighted by molar-refractivity contribution is 5.90. The van der Waals surface area contributed by atoms with Crippen LogP contribution in [0.15, 0.2) is 24.3 Å². The summed E-state index contributed by atoms with van der Waals surface area (Å²) >= 11 is 0. The Balaban J connectivity index is 1.81. The number of carbonyl (C=O) groups excluding carboxylic acids is 2. The number of hydrogen-bond donors (Lipinski definition) is 2. The van der Waals surface area contributed by atoms with Crippen molar-refractivity contribution in [3.8, 4) is 5.75 Å². The topological polar surface area (TPSA) is 67.4 Å². The zero-order chi connectivity index (χ0) is 14.5. The zero-order valence-corrected chi connectivity index (χ0v) is 11.8. The van der Waals surface area contributed by atoms with Crippen LogP contribution in [0.2, 0.25) is 0 Å². The summed E-state index contributed by atoms with van der Waals surface area (Å²) in [6.07, 6.45) is 1.15. The summed E-state index contributed by atoms with van der Waals surface area (Å²) in [5, 5.41) is 5.48. The first-order valence-electron chi connectivity index (χ1n) is 6.87. The third-order valence-electron chi connectivity index (χ3n) is 3.07. The lowest BCUT2D eigenvalue weighted by Crippen LogP contribution is -2.41. The van der Waals surface area contributed by atoms with Crippen LogP contribution in [0.1, 0.15) is 32.3 Å². The van der Waals surface area contributed by atoms with Crippen molar-refractivity contribution < 1.29 is 14.3 Å². The summed E-state index contributed by atoms with van der Waals surface area (Å²) in [4.78, 5) is 22.9. The molecule has 0 spiro atoms. The van der Waals surface area contributed by atoms with Gasteiger partial charge in [-0.1, -0.05) is 12.1 Å². The molecule has 2 N–H and O–H groups in total. The Morgan fingerprint density at radius 3 is 2.65 bits per heavy atom. The number of nitrogens with one attached hydrogen (secondary N) is 2. The standard InChI is InChI=1S/C15H20N2O3/c1-10(2)20-12-5-3-11(4-6-12)9-16-15(19)13-7-8-14(18)17-13/h3-6,10,13H,7-9H2,1-2H3,(H,16,19)(H,17,18)/t13-/m1/s1. The highest BCUT2D eigenvalue weighted by atomic mass is 16.5. The molecule has 0 radical (unpaired) electrons. The predicted octanol–water partition coefficient (Wildman–Crippen LogP) is 1.37. The van der Waals surface area contributed by atoms with Gasteiger partial charge in [-0.15, -0.1) is 0 Å². The van der Waals surface area contributed by atoms with Crippen LogP contribution in [0.25, 0.3) is 0 Å². The molecule has 0 aliphatic carbocycles. The monoisotopic (exact) mass is 276 g/mol. The fraction of sp³-hybridized carbons (Fsp3) is 0.467. The first-order valence-corrected chi connectivity index (χ1v) is 6.87. The second-order valence-electron chi connectivity index (χ2n) is 5.19. The van der Waals surface area contributed by atoms with E-state index in [0.29, 0.717) is 19.4 Å². The van der Waals surface area contributed by atoms with Crippen molar-refractivity contribution in [2.24, 2.45) is 0 Å². The van der Waals surface area contributed by atoms with E-state index >= 15 is 0 Å². The fourth-order valence-electron chi connectivity index (χ4n) is 2.08. The normalized spacial score (nSPS) is 17.9. The Morgan fingerprint density at radius 2 is 2.10 bits per heavy atom. The molecule has 1 aliphatic heterocycles. The lowest BCUT2D eigenvalue weighted by atomic mass is 10.2. The van der Waals surface area contributed by atoms with Crippen LogP contribution in [-0.2, 0) is 16.1 Å². The zero-order valence-electron chi connectivity index (χ0n) is 11.8. The quantitative estimate of drug-likeness (QED) is 0.853. The van der Waals surface area contributed by atoms with E-state index in [2.05, 4.69) is 10.6 Å². The van der Waals surface area contributed by atoms with Gasteiger partial charge in [-0.2, -0.15) is 0 Å². The predicted molar refractivity (Wildman–Crippen MR) is 75.2 cm³/mol. The molecule has 1 atom stereocenters. The molecule has 2 rings (SSSR count). The Kier molecular flexibility index (Phi) is 4.61. The third kappa shape index (κ3) is 3.98. The van der Waals surface area contributed by atoms with E-state index in [9.17, 15) is 9.59 Å². The second kappa shape index (κ2) is 6.41. The largest absolute Gasteiger partial charge is 0.491 e. The third-order valence-corrected chi connectivity index (χ3v) is 3.07. The fourth-order valence-corrected chi connectivity index (χ4v) is 2.08. The number of amides is 2. The Labute approximate surface area is 118 Å². The van der Waals surface area contributed by atoms with Crippen LogP contribution in [-0.4, -0.2) is 24.0 Å². The summed E-state index contributed by atoms with van der Waals surface area (Å²) in [5.41, 5.74) is 0.999. The van der Waals surface area contributed by atoms with Crippen LogP contribution in [0.5, 0.6) is 5.75 Å². The van der Waals surface area contributed by atoms with Crippen LogP contribution < -0.4 is 15.4 Å². The highest BCUT2D eigenvalue weighted by Gasteiger charge is 2.26. The first kappa shape index (κ1) is 14.4. The van der Waals surface area contributed by atoms with Crippen molar-refractivity contribution in [3.05, 3.63) is 29.8 Å². The molecule has 1 aromatic carbocycles. The minimum Gasteiger partial charge on any atom is -0.491 e. The Bertz CT molecular complexity index is 482. The van der Waals surface area contributed by atoms with Gasteiger partial charge in [0.1, 0.15) is 11.8 Å². The molecule has 0 aromatic heterocycles. The molecule has 1 aromatic rings. The lowest BCUT2D eigenvalue weighted by Gasteiger charge is -2.12. The van der Waals surface area contributed by atoms with Crippen LogP contribution in [0.3, 0.4) is 0 Å². The SMILES string of the molecule is CC(C)Oc1ccc(CNC(=O)[C@H]2CCC(=O)N2)cc1. The molecule has 20 heavy (non-hydrogen) atoms. The average Bonchev–Trinajstić information content (AvgIpc) is 2.84. The number of rotatable bonds is 5. The lowest BCUT2D eigenvalue weighted by molar-refractivity contribution is -0.125.